The van der Waals surface area contributed by atoms with Crippen LogP contribution in [0.5, 0.6) is 5.75 Å². The quantitative estimate of drug-likeness (QED) is 0.758. The first kappa shape index (κ1) is 18.0. The lowest BCUT2D eigenvalue weighted by Gasteiger charge is -2.24. The zero-order chi connectivity index (χ0) is 16.5. The number of unbranched alkanes of at least 4 members (excludes halogenated alkanes) is 1. The van der Waals surface area contributed by atoms with Crippen molar-refractivity contribution in [2.75, 3.05) is 12.4 Å². The summed E-state index contributed by atoms with van der Waals surface area (Å²) < 4.78 is 5.17. The smallest absolute Gasteiger partial charge is 0.224 e. The van der Waals surface area contributed by atoms with Crippen molar-refractivity contribution in [2.24, 2.45) is 11.8 Å². The van der Waals surface area contributed by atoms with Crippen molar-refractivity contribution in [1.82, 2.24) is 0 Å². The maximum absolute atomic E-state index is 12.1. The van der Waals surface area contributed by atoms with Crippen LogP contribution in [0.15, 0.2) is 24.3 Å². The molecule has 0 fully saturated rings. The largest absolute Gasteiger partial charge is 0.550 e. The van der Waals surface area contributed by atoms with Gasteiger partial charge in [0.15, 0.2) is 0 Å². The molecule has 5 nitrogen and oxygen atoms in total. The van der Waals surface area contributed by atoms with Crippen LogP contribution in [0.25, 0.3) is 0 Å². The van der Waals surface area contributed by atoms with Crippen LogP contribution in [0.1, 0.15) is 39.5 Å². The molecule has 2 atom stereocenters. The number of nitrogens with one attached hydrogen (secondary N) is 1. The molecular formula is C17H24NO4-. The van der Waals surface area contributed by atoms with Gasteiger partial charge in [0, 0.05) is 18.3 Å². The summed E-state index contributed by atoms with van der Waals surface area (Å²) in [4.78, 5) is 23.3. The highest BCUT2D eigenvalue weighted by Crippen LogP contribution is 2.25. The van der Waals surface area contributed by atoms with Gasteiger partial charge in [0.2, 0.25) is 5.91 Å². The average molecular weight is 306 g/mol. The first-order valence-electron chi connectivity index (χ1n) is 7.63. The number of para-hydroxylation sites is 2. The number of carboxylic acid groups (broad SMARTS) is 1. The lowest BCUT2D eigenvalue weighted by molar-refractivity contribution is -0.313. The minimum absolute atomic E-state index is 0.139. The SMILES string of the molecule is CCCC[C@@H](C(=O)[O-])[C@H](C)CC(=O)Nc1ccccc1OC. The van der Waals surface area contributed by atoms with Gasteiger partial charge < -0.3 is 20.0 Å². The summed E-state index contributed by atoms with van der Waals surface area (Å²) >= 11 is 0. The van der Waals surface area contributed by atoms with Crippen LogP contribution in [0.3, 0.4) is 0 Å². The number of aliphatic carboxylic acids is 1. The second-order valence-corrected chi connectivity index (χ2v) is 5.50. The van der Waals surface area contributed by atoms with E-state index in [9.17, 15) is 14.7 Å². The van der Waals surface area contributed by atoms with Gasteiger partial charge in [-0.05, 0) is 24.5 Å². The van der Waals surface area contributed by atoms with Crippen LogP contribution in [0.4, 0.5) is 5.69 Å². The fourth-order valence-electron chi connectivity index (χ4n) is 2.44. The molecule has 0 spiro atoms. The van der Waals surface area contributed by atoms with E-state index in [0.717, 1.165) is 12.8 Å². The van der Waals surface area contributed by atoms with Gasteiger partial charge in [-0.2, -0.15) is 0 Å². The molecule has 0 aliphatic heterocycles. The molecule has 0 saturated carbocycles. The lowest BCUT2D eigenvalue weighted by Crippen LogP contribution is -2.36. The predicted molar refractivity (Wildman–Crippen MR) is 83.4 cm³/mol. The number of hydrogen-bond donors (Lipinski definition) is 1. The first-order valence-corrected chi connectivity index (χ1v) is 7.63. The summed E-state index contributed by atoms with van der Waals surface area (Å²) in [7, 11) is 1.53. The van der Waals surface area contributed by atoms with Crippen LogP contribution in [0.2, 0.25) is 0 Å². The number of benzene rings is 1. The minimum Gasteiger partial charge on any atom is -0.550 e. The Bertz CT molecular complexity index is 501. The fraction of sp³-hybridized carbons (Fsp3) is 0.529. The highest BCUT2D eigenvalue weighted by molar-refractivity contribution is 5.92. The Labute approximate surface area is 131 Å². The molecule has 0 aromatic heterocycles. The van der Waals surface area contributed by atoms with Crippen molar-refractivity contribution in [3.05, 3.63) is 24.3 Å². The van der Waals surface area contributed by atoms with Crippen LogP contribution in [-0.4, -0.2) is 19.0 Å². The standard InChI is InChI=1S/C17H25NO4/c1-4-5-8-13(17(20)21)12(2)11-16(19)18-14-9-6-7-10-15(14)22-3/h6-7,9-10,12-13H,4-5,8,11H2,1-3H3,(H,18,19)(H,20,21)/p-1/t12-,13-/m1/s1. The summed E-state index contributed by atoms with van der Waals surface area (Å²) in [5.74, 6) is -1.59. The summed E-state index contributed by atoms with van der Waals surface area (Å²) in [5, 5.41) is 14.0. The molecule has 1 amide bonds. The third-order valence-corrected chi connectivity index (χ3v) is 3.75. The molecule has 1 aromatic rings. The molecule has 0 unspecified atom stereocenters. The van der Waals surface area contributed by atoms with Crippen molar-refractivity contribution in [3.63, 3.8) is 0 Å². The summed E-state index contributed by atoms with van der Waals surface area (Å²) in [6.45, 7) is 3.78. The fourth-order valence-corrected chi connectivity index (χ4v) is 2.44. The van der Waals surface area contributed by atoms with Gasteiger partial charge in [0.1, 0.15) is 5.75 Å². The molecule has 1 aromatic carbocycles. The van der Waals surface area contributed by atoms with E-state index in [1.54, 1.807) is 25.1 Å². The lowest BCUT2D eigenvalue weighted by atomic mass is 9.87. The molecular weight excluding hydrogens is 282 g/mol. The topological polar surface area (TPSA) is 78.5 Å². The molecule has 1 N–H and O–H groups in total. The zero-order valence-corrected chi connectivity index (χ0v) is 13.4. The van der Waals surface area contributed by atoms with E-state index < -0.39 is 11.9 Å². The van der Waals surface area contributed by atoms with Crippen LogP contribution in [-0.2, 0) is 9.59 Å². The van der Waals surface area contributed by atoms with Crippen molar-refractivity contribution >= 4 is 17.6 Å². The highest BCUT2D eigenvalue weighted by atomic mass is 16.5. The second kappa shape index (κ2) is 9.07. The van der Waals surface area contributed by atoms with E-state index in [4.69, 9.17) is 4.74 Å². The van der Waals surface area contributed by atoms with Crippen LogP contribution >= 0.6 is 0 Å². The molecule has 0 saturated heterocycles. The van der Waals surface area contributed by atoms with Gasteiger partial charge in [-0.25, -0.2) is 0 Å². The Morgan fingerprint density at radius 2 is 2.00 bits per heavy atom. The number of carbonyl (C=O) groups excluding carboxylic acids is 2. The van der Waals surface area contributed by atoms with Crippen molar-refractivity contribution in [2.45, 2.75) is 39.5 Å². The Morgan fingerprint density at radius 1 is 1.32 bits per heavy atom. The molecule has 0 aliphatic rings. The monoisotopic (exact) mass is 306 g/mol. The average Bonchev–Trinajstić information content (AvgIpc) is 2.47. The Balaban J connectivity index is 2.64. The third kappa shape index (κ3) is 5.39. The molecule has 0 heterocycles. The first-order chi connectivity index (χ1) is 10.5. The number of ether oxygens (including phenoxy) is 1. The second-order valence-electron chi connectivity index (χ2n) is 5.50. The zero-order valence-electron chi connectivity index (χ0n) is 13.4. The molecule has 122 valence electrons. The van der Waals surface area contributed by atoms with Crippen LogP contribution < -0.4 is 15.2 Å². The maximum atomic E-state index is 12.1. The number of hydrogen-bond acceptors (Lipinski definition) is 4. The van der Waals surface area contributed by atoms with Gasteiger partial charge in [0.05, 0.1) is 12.8 Å². The molecule has 0 bridgehead atoms. The van der Waals surface area contributed by atoms with Gasteiger partial charge in [0.25, 0.3) is 0 Å². The van der Waals surface area contributed by atoms with Crippen molar-refractivity contribution in [1.29, 1.82) is 0 Å². The Kier molecular flexibility index (Phi) is 7.43. The Morgan fingerprint density at radius 3 is 2.59 bits per heavy atom. The number of carboxylic acids is 1. The molecule has 5 heteroatoms. The van der Waals surface area contributed by atoms with E-state index in [1.807, 2.05) is 13.0 Å². The van der Waals surface area contributed by atoms with Crippen molar-refractivity contribution in [3.8, 4) is 5.75 Å². The predicted octanol–water partition coefficient (Wildman–Crippen LogP) is 2.22. The third-order valence-electron chi connectivity index (χ3n) is 3.75. The normalized spacial score (nSPS) is 13.2. The van der Waals surface area contributed by atoms with E-state index in [0.29, 0.717) is 17.9 Å². The van der Waals surface area contributed by atoms with E-state index in [2.05, 4.69) is 5.32 Å². The molecule has 0 radical (unpaired) electrons. The number of methoxy groups -OCH3 is 1. The van der Waals surface area contributed by atoms with E-state index in [1.165, 1.54) is 7.11 Å². The van der Waals surface area contributed by atoms with Gasteiger partial charge in [-0.3, -0.25) is 4.79 Å². The van der Waals surface area contributed by atoms with E-state index >= 15 is 0 Å². The molecule has 0 aliphatic carbocycles. The maximum Gasteiger partial charge on any atom is 0.224 e. The summed E-state index contributed by atoms with van der Waals surface area (Å²) in [6.07, 6.45) is 2.42. The van der Waals surface area contributed by atoms with Gasteiger partial charge >= 0.3 is 0 Å². The van der Waals surface area contributed by atoms with Crippen molar-refractivity contribution < 1.29 is 19.4 Å². The van der Waals surface area contributed by atoms with Gasteiger partial charge in [-0.1, -0.05) is 38.8 Å². The van der Waals surface area contributed by atoms with E-state index in [-0.39, 0.29) is 18.2 Å². The molecule has 22 heavy (non-hydrogen) atoms. The number of amides is 1. The minimum atomic E-state index is -1.08. The number of anilines is 1. The summed E-state index contributed by atoms with van der Waals surface area (Å²) in [5.41, 5.74) is 0.584. The number of rotatable bonds is 9. The molecule has 1 rings (SSSR count). The summed E-state index contributed by atoms with van der Waals surface area (Å²) in [6, 6.07) is 7.11. The Hall–Kier alpha value is -2.04. The van der Waals surface area contributed by atoms with Crippen LogP contribution in [0, 0.1) is 11.8 Å². The highest BCUT2D eigenvalue weighted by Gasteiger charge is 2.21. The van der Waals surface area contributed by atoms with Gasteiger partial charge in [-0.15, -0.1) is 0 Å². The number of carbonyl (C=O) groups is 2.